The molecule has 1 fully saturated rings. The first-order valence-electron chi connectivity index (χ1n) is 7.37. The quantitative estimate of drug-likeness (QED) is 0.911. The molecule has 1 aromatic heterocycles. The third-order valence-electron chi connectivity index (χ3n) is 4.30. The lowest BCUT2D eigenvalue weighted by Gasteiger charge is -2.31. The van der Waals surface area contributed by atoms with E-state index in [0.29, 0.717) is 24.3 Å². The van der Waals surface area contributed by atoms with E-state index < -0.39 is 0 Å². The highest BCUT2D eigenvalue weighted by Gasteiger charge is 2.31. The summed E-state index contributed by atoms with van der Waals surface area (Å²) in [6.45, 7) is 6.75. The molecule has 0 amide bonds. The predicted octanol–water partition coefficient (Wildman–Crippen LogP) is 1.56. The van der Waals surface area contributed by atoms with Gasteiger partial charge in [-0.15, -0.1) is 0 Å². The van der Waals surface area contributed by atoms with E-state index in [-0.39, 0.29) is 11.1 Å². The standard InChI is InChI=1S/C15H26N4O/c1-15(2,3)19-9-8-17-13(14(19)20)18(4)12-7-5-6-11(12)10-16/h8-9,11-12H,5-7,10,16H2,1-4H3. The molecule has 2 rings (SSSR count). The summed E-state index contributed by atoms with van der Waals surface area (Å²) in [5, 5.41) is 0. The van der Waals surface area contributed by atoms with Gasteiger partial charge in [0.2, 0.25) is 0 Å². The van der Waals surface area contributed by atoms with Gasteiger partial charge in [0.15, 0.2) is 5.82 Å². The zero-order chi connectivity index (χ0) is 14.9. The number of rotatable bonds is 3. The molecular formula is C15H26N4O. The Bertz CT molecular complexity index is 517. The summed E-state index contributed by atoms with van der Waals surface area (Å²) < 4.78 is 1.75. The maximum absolute atomic E-state index is 12.6. The summed E-state index contributed by atoms with van der Waals surface area (Å²) >= 11 is 0. The van der Waals surface area contributed by atoms with E-state index in [1.807, 2.05) is 32.7 Å². The molecule has 0 aliphatic heterocycles. The van der Waals surface area contributed by atoms with Gasteiger partial charge in [-0.3, -0.25) is 4.79 Å². The van der Waals surface area contributed by atoms with Gasteiger partial charge < -0.3 is 15.2 Å². The fourth-order valence-corrected chi connectivity index (χ4v) is 3.13. The Kier molecular flexibility index (Phi) is 4.18. The Labute approximate surface area is 120 Å². The highest BCUT2D eigenvalue weighted by molar-refractivity contribution is 5.37. The van der Waals surface area contributed by atoms with Crippen LogP contribution in [0, 0.1) is 5.92 Å². The van der Waals surface area contributed by atoms with Crippen LogP contribution < -0.4 is 16.2 Å². The van der Waals surface area contributed by atoms with Crippen molar-refractivity contribution in [3.05, 3.63) is 22.7 Å². The summed E-state index contributed by atoms with van der Waals surface area (Å²) in [5.41, 5.74) is 5.59. The molecule has 5 nitrogen and oxygen atoms in total. The first-order valence-corrected chi connectivity index (χ1v) is 7.37. The van der Waals surface area contributed by atoms with Crippen LogP contribution in [-0.4, -0.2) is 29.2 Å². The molecule has 2 atom stereocenters. The highest BCUT2D eigenvalue weighted by Crippen LogP contribution is 2.29. The average Bonchev–Trinajstić information content (AvgIpc) is 2.85. The number of nitrogens with zero attached hydrogens (tertiary/aromatic N) is 3. The molecule has 0 saturated heterocycles. The molecule has 2 unspecified atom stereocenters. The maximum Gasteiger partial charge on any atom is 0.293 e. The zero-order valence-electron chi connectivity index (χ0n) is 13.0. The Balaban J connectivity index is 2.36. The van der Waals surface area contributed by atoms with E-state index in [1.54, 1.807) is 17.0 Å². The third-order valence-corrected chi connectivity index (χ3v) is 4.30. The Morgan fingerprint density at radius 3 is 2.75 bits per heavy atom. The van der Waals surface area contributed by atoms with Crippen LogP contribution in [0.5, 0.6) is 0 Å². The van der Waals surface area contributed by atoms with Crippen LogP contribution in [0.15, 0.2) is 17.2 Å². The van der Waals surface area contributed by atoms with Crippen LogP contribution in [0.3, 0.4) is 0 Å². The van der Waals surface area contributed by atoms with Crippen molar-refractivity contribution in [1.29, 1.82) is 0 Å². The van der Waals surface area contributed by atoms with E-state index in [2.05, 4.69) is 4.98 Å². The minimum Gasteiger partial charge on any atom is -0.352 e. The fourth-order valence-electron chi connectivity index (χ4n) is 3.13. The summed E-state index contributed by atoms with van der Waals surface area (Å²) in [4.78, 5) is 19.0. The number of nitrogens with two attached hydrogens (primary N) is 1. The van der Waals surface area contributed by atoms with Crippen molar-refractivity contribution in [2.24, 2.45) is 11.7 Å². The van der Waals surface area contributed by atoms with Gasteiger partial charge in [-0.05, 0) is 46.1 Å². The lowest BCUT2D eigenvalue weighted by Crippen LogP contribution is -2.43. The molecule has 1 aromatic rings. The first-order chi connectivity index (χ1) is 9.36. The topological polar surface area (TPSA) is 64.2 Å². The summed E-state index contributed by atoms with van der Waals surface area (Å²) in [6, 6.07) is 0.330. The second-order valence-electron chi connectivity index (χ2n) is 6.70. The van der Waals surface area contributed by atoms with E-state index in [1.165, 1.54) is 6.42 Å². The van der Waals surface area contributed by atoms with Gasteiger partial charge in [0, 0.05) is 31.0 Å². The Morgan fingerprint density at radius 1 is 1.45 bits per heavy atom. The molecule has 1 aliphatic rings. The van der Waals surface area contributed by atoms with Gasteiger partial charge in [-0.1, -0.05) is 6.42 Å². The van der Waals surface area contributed by atoms with Crippen LogP contribution in [0.1, 0.15) is 40.0 Å². The monoisotopic (exact) mass is 278 g/mol. The third kappa shape index (κ3) is 2.73. The molecule has 5 heteroatoms. The highest BCUT2D eigenvalue weighted by atomic mass is 16.1. The predicted molar refractivity (Wildman–Crippen MR) is 82.1 cm³/mol. The number of hydrogen-bond donors (Lipinski definition) is 1. The van der Waals surface area contributed by atoms with Crippen molar-refractivity contribution >= 4 is 5.82 Å². The first kappa shape index (κ1) is 15.0. The van der Waals surface area contributed by atoms with Crippen molar-refractivity contribution in [2.75, 3.05) is 18.5 Å². The molecular weight excluding hydrogens is 252 g/mol. The largest absolute Gasteiger partial charge is 0.352 e. The van der Waals surface area contributed by atoms with Gasteiger partial charge in [0.25, 0.3) is 5.56 Å². The second kappa shape index (κ2) is 5.56. The molecule has 1 heterocycles. The van der Waals surface area contributed by atoms with Crippen LogP contribution in [0.25, 0.3) is 0 Å². The molecule has 20 heavy (non-hydrogen) atoms. The van der Waals surface area contributed by atoms with E-state index in [4.69, 9.17) is 5.73 Å². The lowest BCUT2D eigenvalue weighted by atomic mass is 10.0. The number of hydrogen-bond acceptors (Lipinski definition) is 4. The SMILES string of the molecule is CN(c1nccn(C(C)(C)C)c1=O)C1CCCC1CN. The van der Waals surface area contributed by atoms with Crippen molar-refractivity contribution in [2.45, 2.75) is 51.6 Å². The molecule has 0 radical (unpaired) electrons. The maximum atomic E-state index is 12.6. The van der Waals surface area contributed by atoms with Gasteiger partial charge in [0.05, 0.1) is 0 Å². The van der Waals surface area contributed by atoms with Crippen molar-refractivity contribution in [3.63, 3.8) is 0 Å². The van der Waals surface area contributed by atoms with E-state index >= 15 is 0 Å². The smallest absolute Gasteiger partial charge is 0.293 e. The molecule has 112 valence electrons. The Morgan fingerprint density at radius 2 is 2.15 bits per heavy atom. The molecule has 0 aromatic carbocycles. The molecule has 1 aliphatic carbocycles. The summed E-state index contributed by atoms with van der Waals surface area (Å²) in [7, 11) is 1.97. The molecule has 0 bridgehead atoms. The second-order valence-corrected chi connectivity index (χ2v) is 6.70. The Hall–Kier alpha value is -1.36. The average molecular weight is 278 g/mol. The van der Waals surface area contributed by atoms with Crippen molar-refractivity contribution < 1.29 is 0 Å². The van der Waals surface area contributed by atoms with Crippen molar-refractivity contribution in [3.8, 4) is 0 Å². The van der Waals surface area contributed by atoms with Gasteiger partial charge in [0.1, 0.15) is 0 Å². The van der Waals surface area contributed by atoms with E-state index in [9.17, 15) is 4.79 Å². The normalized spacial score (nSPS) is 23.1. The number of aromatic nitrogens is 2. The van der Waals surface area contributed by atoms with Crippen LogP contribution in [0.2, 0.25) is 0 Å². The van der Waals surface area contributed by atoms with E-state index in [0.717, 1.165) is 12.8 Å². The summed E-state index contributed by atoms with van der Waals surface area (Å²) in [6.07, 6.45) is 6.88. The minimum atomic E-state index is -0.238. The van der Waals surface area contributed by atoms with Gasteiger partial charge >= 0.3 is 0 Å². The van der Waals surface area contributed by atoms with Crippen molar-refractivity contribution in [1.82, 2.24) is 9.55 Å². The summed E-state index contributed by atoms with van der Waals surface area (Å²) in [5.74, 6) is 0.997. The fraction of sp³-hybridized carbons (Fsp3) is 0.733. The lowest BCUT2D eigenvalue weighted by molar-refractivity contribution is 0.380. The van der Waals surface area contributed by atoms with Crippen LogP contribution in [0.4, 0.5) is 5.82 Å². The molecule has 1 saturated carbocycles. The van der Waals surface area contributed by atoms with Crippen LogP contribution >= 0.6 is 0 Å². The molecule has 2 N–H and O–H groups in total. The zero-order valence-corrected chi connectivity index (χ0v) is 13.0. The van der Waals surface area contributed by atoms with Gasteiger partial charge in [-0.2, -0.15) is 0 Å². The van der Waals surface area contributed by atoms with Gasteiger partial charge in [-0.25, -0.2) is 4.98 Å². The van der Waals surface area contributed by atoms with Crippen LogP contribution in [-0.2, 0) is 5.54 Å². The molecule has 0 spiro atoms. The number of anilines is 1. The minimum absolute atomic E-state index is 0.0230.